The van der Waals surface area contributed by atoms with Crippen molar-refractivity contribution in [1.29, 1.82) is 0 Å². The third kappa shape index (κ3) is 5.15. The molecule has 2 aliphatic rings. The van der Waals surface area contributed by atoms with Crippen molar-refractivity contribution in [1.82, 2.24) is 14.8 Å². The number of hydrogen-bond donors (Lipinski definition) is 1. The van der Waals surface area contributed by atoms with E-state index in [-0.39, 0.29) is 23.8 Å². The van der Waals surface area contributed by atoms with Crippen LogP contribution in [0.3, 0.4) is 0 Å². The number of carboxylic acid groups (broad SMARTS) is 1. The third-order valence-electron chi connectivity index (χ3n) is 6.65. The molecule has 0 saturated carbocycles. The van der Waals surface area contributed by atoms with Crippen molar-refractivity contribution in [3.8, 4) is 0 Å². The first kappa shape index (κ1) is 23.9. The number of rotatable bonds is 4. The highest BCUT2D eigenvalue weighted by Gasteiger charge is 2.42. The van der Waals surface area contributed by atoms with Gasteiger partial charge in [0.2, 0.25) is 5.91 Å². The first-order chi connectivity index (χ1) is 15.7. The van der Waals surface area contributed by atoms with Crippen LogP contribution in [0.25, 0.3) is 0 Å². The molecule has 10 heteroatoms. The number of anilines is 1. The fraction of sp³-hybridized carbons (Fsp3) is 0.435. The van der Waals surface area contributed by atoms with Gasteiger partial charge in [-0.05, 0) is 42.7 Å². The maximum atomic E-state index is 13.4. The summed E-state index contributed by atoms with van der Waals surface area (Å²) in [7, 11) is 1.54. The molecule has 1 aromatic carbocycles. The summed E-state index contributed by atoms with van der Waals surface area (Å²) in [6.45, 7) is 2.25. The van der Waals surface area contributed by atoms with E-state index in [0.717, 1.165) is 37.3 Å². The molecule has 176 valence electrons. The number of pyridine rings is 1. The minimum atomic E-state index is -1.02. The summed E-state index contributed by atoms with van der Waals surface area (Å²) < 4.78 is 0. The zero-order chi connectivity index (χ0) is 23.7. The van der Waals surface area contributed by atoms with E-state index in [1.165, 1.54) is 4.90 Å². The monoisotopic (exact) mass is 510 g/mol. The van der Waals surface area contributed by atoms with Crippen LogP contribution in [0.4, 0.5) is 10.6 Å². The van der Waals surface area contributed by atoms with Gasteiger partial charge in [0.15, 0.2) is 0 Å². The van der Waals surface area contributed by atoms with E-state index >= 15 is 0 Å². The Morgan fingerprint density at radius 3 is 2.39 bits per heavy atom. The van der Waals surface area contributed by atoms with Gasteiger partial charge < -0.3 is 19.8 Å². The summed E-state index contributed by atoms with van der Waals surface area (Å²) >= 11 is 18.2. The van der Waals surface area contributed by atoms with Gasteiger partial charge in [-0.1, -0.05) is 40.9 Å². The van der Waals surface area contributed by atoms with Gasteiger partial charge in [-0.15, -0.1) is 0 Å². The number of halogens is 3. The molecule has 2 fully saturated rings. The lowest BCUT2D eigenvalue weighted by Crippen LogP contribution is -2.44. The number of hydrogen-bond acceptors (Lipinski definition) is 4. The highest BCUT2D eigenvalue weighted by molar-refractivity contribution is 6.42. The Morgan fingerprint density at radius 2 is 1.79 bits per heavy atom. The maximum Gasteiger partial charge on any atom is 0.407 e. The van der Waals surface area contributed by atoms with Crippen molar-refractivity contribution in [3.05, 3.63) is 57.2 Å². The summed E-state index contributed by atoms with van der Waals surface area (Å²) in [6.07, 6.45) is 2.04. The van der Waals surface area contributed by atoms with Gasteiger partial charge >= 0.3 is 6.09 Å². The van der Waals surface area contributed by atoms with Crippen LogP contribution in [0.5, 0.6) is 0 Å². The van der Waals surface area contributed by atoms with Gasteiger partial charge in [0.05, 0.1) is 21.1 Å². The second-order valence-electron chi connectivity index (χ2n) is 8.58. The van der Waals surface area contributed by atoms with Gasteiger partial charge in [-0.3, -0.25) is 4.79 Å². The Labute approximate surface area is 207 Å². The molecule has 2 atom stereocenters. The summed E-state index contributed by atoms with van der Waals surface area (Å²) in [5.74, 6) is 0.652. The van der Waals surface area contributed by atoms with Crippen molar-refractivity contribution < 1.29 is 14.7 Å². The first-order valence-corrected chi connectivity index (χ1v) is 11.9. The zero-order valence-corrected chi connectivity index (χ0v) is 20.4. The molecule has 7 nitrogen and oxygen atoms in total. The SMILES string of the molecule is CN(C(=O)O)[C@@H]1CN(C(=O)C2CCN(c3ccc(Cl)cn3)CC2)C[C@H]1c1ccc(Cl)c(Cl)c1. The fourth-order valence-corrected chi connectivity index (χ4v) is 5.16. The Balaban J connectivity index is 1.46. The highest BCUT2D eigenvalue weighted by Crippen LogP contribution is 2.35. The van der Waals surface area contributed by atoms with Gasteiger partial charge in [0, 0.05) is 51.3 Å². The third-order valence-corrected chi connectivity index (χ3v) is 7.61. The summed E-state index contributed by atoms with van der Waals surface area (Å²) in [5, 5.41) is 11.0. The Hall–Kier alpha value is -2.22. The fourth-order valence-electron chi connectivity index (χ4n) is 4.74. The van der Waals surface area contributed by atoms with Crippen LogP contribution in [0.2, 0.25) is 15.1 Å². The molecule has 1 aromatic heterocycles. The molecule has 0 spiro atoms. The summed E-state index contributed by atoms with van der Waals surface area (Å²) in [4.78, 5) is 34.7. The molecular weight excluding hydrogens is 487 g/mol. The number of carbonyl (C=O) groups excluding carboxylic acids is 1. The van der Waals surface area contributed by atoms with Crippen LogP contribution < -0.4 is 4.90 Å². The molecule has 4 rings (SSSR count). The molecular formula is C23H25Cl3N4O3. The summed E-state index contributed by atoms with van der Waals surface area (Å²) in [5.41, 5.74) is 0.876. The van der Waals surface area contributed by atoms with E-state index in [0.29, 0.717) is 28.2 Å². The second kappa shape index (κ2) is 9.95. The van der Waals surface area contributed by atoms with Crippen LogP contribution in [0.1, 0.15) is 24.3 Å². The van der Waals surface area contributed by atoms with Gasteiger partial charge in [0.1, 0.15) is 5.82 Å². The van der Waals surface area contributed by atoms with Crippen LogP contribution >= 0.6 is 34.8 Å². The molecule has 2 amide bonds. The van der Waals surface area contributed by atoms with E-state index < -0.39 is 6.09 Å². The maximum absolute atomic E-state index is 13.4. The van der Waals surface area contributed by atoms with E-state index in [1.54, 1.807) is 30.3 Å². The quantitative estimate of drug-likeness (QED) is 0.634. The number of carbonyl (C=O) groups is 2. The largest absolute Gasteiger partial charge is 0.465 e. The van der Waals surface area contributed by atoms with E-state index in [1.807, 2.05) is 18.2 Å². The minimum Gasteiger partial charge on any atom is -0.465 e. The number of nitrogens with zero attached hydrogens (tertiary/aromatic N) is 4. The number of likely N-dealkylation sites (tertiary alicyclic amines) is 1. The lowest BCUT2D eigenvalue weighted by atomic mass is 9.93. The molecule has 33 heavy (non-hydrogen) atoms. The topological polar surface area (TPSA) is 77.0 Å². The Bertz CT molecular complexity index is 1030. The van der Waals surface area contributed by atoms with E-state index in [2.05, 4.69) is 9.88 Å². The van der Waals surface area contributed by atoms with Crippen LogP contribution in [0, 0.1) is 5.92 Å². The number of likely N-dealkylation sites (N-methyl/N-ethyl adjacent to an activating group) is 1. The number of amides is 2. The van der Waals surface area contributed by atoms with Gasteiger partial charge in [-0.25, -0.2) is 9.78 Å². The molecule has 0 aliphatic carbocycles. The molecule has 0 radical (unpaired) electrons. The van der Waals surface area contributed by atoms with Crippen LogP contribution in [0.15, 0.2) is 36.5 Å². The molecule has 2 saturated heterocycles. The predicted molar refractivity (Wildman–Crippen MR) is 130 cm³/mol. The Kier molecular flexibility index (Phi) is 7.22. The van der Waals surface area contributed by atoms with Gasteiger partial charge in [0.25, 0.3) is 0 Å². The van der Waals surface area contributed by atoms with Crippen molar-refractivity contribution >= 4 is 52.6 Å². The number of piperidine rings is 1. The molecule has 0 unspecified atom stereocenters. The van der Waals surface area contributed by atoms with Gasteiger partial charge in [-0.2, -0.15) is 0 Å². The molecule has 2 aliphatic heterocycles. The zero-order valence-electron chi connectivity index (χ0n) is 18.1. The van der Waals surface area contributed by atoms with Crippen LogP contribution in [-0.4, -0.2) is 71.2 Å². The van der Waals surface area contributed by atoms with Crippen LogP contribution in [-0.2, 0) is 4.79 Å². The molecule has 0 bridgehead atoms. The highest BCUT2D eigenvalue weighted by atomic mass is 35.5. The standard InChI is InChI=1S/C23H25Cl3N4O3/c1-28(23(32)33)20-13-30(12-17(20)15-2-4-18(25)19(26)10-15)22(31)14-6-8-29(9-7-14)21-5-3-16(24)11-27-21/h2-5,10-11,14,17,20H,6-9,12-13H2,1H3,(H,32,33)/t17-,20+/m0/s1. The molecule has 3 heterocycles. The first-order valence-electron chi connectivity index (χ1n) is 10.8. The van der Waals surface area contributed by atoms with Crippen molar-refractivity contribution in [3.63, 3.8) is 0 Å². The lowest BCUT2D eigenvalue weighted by molar-refractivity contribution is -0.135. The summed E-state index contributed by atoms with van der Waals surface area (Å²) in [6, 6.07) is 8.67. The second-order valence-corrected chi connectivity index (χ2v) is 9.83. The lowest BCUT2D eigenvalue weighted by Gasteiger charge is -2.34. The number of aromatic nitrogens is 1. The molecule has 2 aromatic rings. The normalized spacial score (nSPS) is 21.3. The Morgan fingerprint density at radius 1 is 1.06 bits per heavy atom. The molecule has 1 N–H and O–H groups in total. The number of benzene rings is 1. The minimum absolute atomic E-state index is 0.0741. The average molecular weight is 512 g/mol. The van der Waals surface area contributed by atoms with Crippen molar-refractivity contribution in [2.24, 2.45) is 5.92 Å². The van der Waals surface area contributed by atoms with Crippen molar-refractivity contribution in [2.45, 2.75) is 24.8 Å². The predicted octanol–water partition coefficient (Wildman–Crippen LogP) is 4.86. The average Bonchev–Trinajstić information content (AvgIpc) is 3.26. The van der Waals surface area contributed by atoms with Crippen molar-refractivity contribution in [2.75, 3.05) is 38.1 Å². The van der Waals surface area contributed by atoms with E-state index in [9.17, 15) is 14.7 Å². The smallest absolute Gasteiger partial charge is 0.407 e. The van der Waals surface area contributed by atoms with E-state index in [4.69, 9.17) is 34.8 Å².